The highest BCUT2D eigenvalue weighted by Crippen LogP contribution is 2.40. The first-order valence-corrected chi connectivity index (χ1v) is 10.4. The predicted octanol–water partition coefficient (Wildman–Crippen LogP) is 4.45. The number of furan rings is 1. The van der Waals surface area contributed by atoms with Gasteiger partial charge in [0, 0.05) is 18.1 Å². The number of thioether (sulfide) groups is 1. The van der Waals surface area contributed by atoms with Crippen LogP contribution in [0.1, 0.15) is 35.9 Å². The standard InChI is InChI=1S/C19H16F3N5O4S/c20-19(21,22)14-8-12(27(29)30)5-6-15(14)23-16(28)10-32-18-25-24-17(11-3-4-11)26(18)9-13-2-1-7-31-13/h1-2,5-8,11H,3-4,9-10H2,(H,23,28). The molecule has 0 atom stereocenters. The Morgan fingerprint density at radius 3 is 2.72 bits per heavy atom. The first-order valence-electron chi connectivity index (χ1n) is 9.46. The second kappa shape index (κ2) is 8.65. The summed E-state index contributed by atoms with van der Waals surface area (Å²) in [5.41, 5.74) is -2.56. The highest BCUT2D eigenvalue weighted by atomic mass is 32.2. The van der Waals surface area contributed by atoms with Crippen LogP contribution in [-0.2, 0) is 17.5 Å². The van der Waals surface area contributed by atoms with Gasteiger partial charge in [0.15, 0.2) is 5.16 Å². The van der Waals surface area contributed by atoms with Crippen LogP contribution < -0.4 is 5.32 Å². The van der Waals surface area contributed by atoms with Crippen molar-refractivity contribution in [3.63, 3.8) is 0 Å². The van der Waals surface area contributed by atoms with Gasteiger partial charge in [-0.1, -0.05) is 11.8 Å². The Bertz CT molecular complexity index is 1140. The molecule has 0 radical (unpaired) electrons. The van der Waals surface area contributed by atoms with E-state index >= 15 is 0 Å². The van der Waals surface area contributed by atoms with E-state index in [0.717, 1.165) is 42.6 Å². The molecule has 1 saturated carbocycles. The van der Waals surface area contributed by atoms with Crippen molar-refractivity contribution >= 4 is 29.0 Å². The molecule has 168 valence electrons. The molecule has 3 aromatic rings. The summed E-state index contributed by atoms with van der Waals surface area (Å²) in [5.74, 6) is 0.803. The van der Waals surface area contributed by atoms with Crippen molar-refractivity contribution in [3.8, 4) is 0 Å². The van der Waals surface area contributed by atoms with Crippen LogP contribution >= 0.6 is 11.8 Å². The van der Waals surface area contributed by atoms with Crippen molar-refractivity contribution in [3.05, 3.63) is 63.9 Å². The number of nitrogens with one attached hydrogen (secondary N) is 1. The lowest BCUT2D eigenvalue weighted by molar-refractivity contribution is -0.385. The lowest BCUT2D eigenvalue weighted by Gasteiger charge is -2.13. The molecule has 2 heterocycles. The van der Waals surface area contributed by atoms with Gasteiger partial charge in [-0.2, -0.15) is 13.2 Å². The second-order valence-electron chi connectivity index (χ2n) is 7.10. The number of nitro benzene ring substituents is 1. The second-order valence-corrected chi connectivity index (χ2v) is 8.04. The number of aromatic nitrogens is 3. The number of amides is 1. The number of hydrogen-bond donors (Lipinski definition) is 1. The Labute approximate surface area is 183 Å². The Morgan fingerprint density at radius 1 is 1.31 bits per heavy atom. The molecule has 1 fully saturated rings. The quantitative estimate of drug-likeness (QED) is 0.295. The third-order valence-electron chi connectivity index (χ3n) is 4.71. The summed E-state index contributed by atoms with van der Waals surface area (Å²) in [4.78, 5) is 22.2. The molecule has 1 aromatic carbocycles. The monoisotopic (exact) mass is 467 g/mol. The number of carbonyl (C=O) groups is 1. The zero-order valence-corrected chi connectivity index (χ0v) is 17.2. The van der Waals surface area contributed by atoms with E-state index in [1.165, 1.54) is 0 Å². The number of nitrogens with zero attached hydrogens (tertiary/aromatic N) is 4. The van der Waals surface area contributed by atoms with E-state index in [4.69, 9.17) is 4.42 Å². The molecule has 0 aliphatic heterocycles. The maximum absolute atomic E-state index is 13.3. The van der Waals surface area contributed by atoms with Crippen LogP contribution in [0.2, 0.25) is 0 Å². The van der Waals surface area contributed by atoms with Gasteiger partial charge in [-0.3, -0.25) is 19.5 Å². The van der Waals surface area contributed by atoms with Gasteiger partial charge in [0.2, 0.25) is 5.91 Å². The van der Waals surface area contributed by atoms with E-state index in [0.29, 0.717) is 23.5 Å². The number of carbonyl (C=O) groups excluding carboxylic acids is 1. The number of alkyl halides is 3. The Hall–Kier alpha value is -3.35. The van der Waals surface area contributed by atoms with Crippen LogP contribution in [0.25, 0.3) is 0 Å². The fraction of sp³-hybridized carbons (Fsp3) is 0.316. The van der Waals surface area contributed by atoms with Gasteiger partial charge in [0.1, 0.15) is 11.6 Å². The Balaban J connectivity index is 1.48. The normalized spacial score (nSPS) is 13.8. The number of halogens is 3. The molecule has 2 aromatic heterocycles. The summed E-state index contributed by atoms with van der Waals surface area (Å²) in [6, 6.07) is 5.71. The topological polar surface area (TPSA) is 116 Å². The zero-order chi connectivity index (χ0) is 22.9. The van der Waals surface area contributed by atoms with Gasteiger partial charge in [0.25, 0.3) is 5.69 Å². The Morgan fingerprint density at radius 2 is 2.09 bits per heavy atom. The molecule has 0 spiro atoms. The van der Waals surface area contributed by atoms with Crippen LogP contribution in [0.4, 0.5) is 24.5 Å². The number of benzene rings is 1. The van der Waals surface area contributed by atoms with E-state index in [2.05, 4.69) is 15.5 Å². The number of nitro groups is 1. The molecule has 0 bridgehead atoms. The molecule has 32 heavy (non-hydrogen) atoms. The fourth-order valence-electron chi connectivity index (χ4n) is 3.06. The predicted molar refractivity (Wildman–Crippen MR) is 107 cm³/mol. The van der Waals surface area contributed by atoms with Crippen LogP contribution in [0.3, 0.4) is 0 Å². The van der Waals surface area contributed by atoms with Gasteiger partial charge in [-0.25, -0.2) is 0 Å². The average Bonchev–Trinajstić information content (AvgIpc) is 3.29. The number of rotatable bonds is 8. The number of anilines is 1. The van der Waals surface area contributed by atoms with Gasteiger partial charge < -0.3 is 9.73 Å². The van der Waals surface area contributed by atoms with E-state index in [9.17, 15) is 28.1 Å². The minimum absolute atomic E-state index is 0.227. The summed E-state index contributed by atoms with van der Waals surface area (Å²) in [5, 5.41) is 21.7. The maximum atomic E-state index is 13.3. The lowest BCUT2D eigenvalue weighted by atomic mass is 10.1. The first kappa shape index (κ1) is 21.9. The van der Waals surface area contributed by atoms with Crippen LogP contribution in [0.5, 0.6) is 0 Å². The van der Waals surface area contributed by atoms with Crippen molar-refractivity contribution in [2.45, 2.75) is 36.6 Å². The number of non-ortho nitro benzene ring substituents is 1. The summed E-state index contributed by atoms with van der Waals surface area (Å²) in [6.45, 7) is 0.371. The van der Waals surface area contributed by atoms with Crippen molar-refractivity contribution in [2.75, 3.05) is 11.1 Å². The Kier molecular flexibility index (Phi) is 5.91. The van der Waals surface area contributed by atoms with E-state index < -0.39 is 33.9 Å². The molecule has 0 unspecified atom stereocenters. The molecule has 1 amide bonds. The van der Waals surface area contributed by atoms with Crippen molar-refractivity contribution in [1.82, 2.24) is 14.8 Å². The van der Waals surface area contributed by atoms with Gasteiger partial charge in [0.05, 0.1) is 34.7 Å². The van der Waals surface area contributed by atoms with Crippen molar-refractivity contribution < 1.29 is 27.3 Å². The summed E-state index contributed by atoms with van der Waals surface area (Å²) < 4.78 is 47.1. The molecule has 1 aliphatic carbocycles. The van der Waals surface area contributed by atoms with E-state index in [1.807, 2.05) is 4.57 Å². The fourth-order valence-corrected chi connectivity index (χ4v) is 3.81. The van der Waals surface area contributed by atoms with Crippen molar-refractivity contribution in [2.24, 2.45) is 0 Å². The van der Waals surface area contributed by atoms with E-state index in [1.54, 1.807) is 18.4 Å². The largest absolute Gasteiger partial charge is 0.467 e. The molecular formula is C19H16F3N5O4S. The van der Waals surface area contributed by atoms with Crippen LogP contribution in [0.15, 0.2) is 46.2 Å². The first-order chi connectivity index (χ1) is 15.2. The molecule has 1 aliphatic rings. The van der Waals surface area contributed by atoms with E-state index in [-0.39, 0.29) is 11.7 Å². The van der Waals surface area contributed by atoms with Crippen LogP contribution in [0, 0.1) is 10.1 Å². The zero-order valence-electron chi connectivity index (χ0n) is 16.3. The van der Waals surface area contributed by atoms with Crippen LogP contribution in [-0.4, -0.2) is 31.3 Å². The SMILES string of the molecule is O=C(CSc1nnc(C2CC2)n1Cc1ccco1)Nc1ccc([N+](=O)[O-])cc1C(F)(F)F. The van der Waals surface area contributed by atoms with Crippen molar-refractivity contribution in [1.29, 1.82) is 0 Å². The third kappa shape index (κ3) is 4.93. The van der Waals surface area contributed by atoms with Gasteiger partial charge in [-0.05, 0) is 31.0 Å². The smallest absolute Gasteiger partial charge is 0.418 e. The molecule has 4 rings (SSSR count). The third-order valence-corrected chi connectivity index (χ3v) is 5.67. The minimum Gasteiger partial charge on any atom is -0.467 e. The highest BCUT2D eigenvalue weighted by molar-refractivity contribution is 7.99. The molecular weight excluding hydrogens is 451 g/mol. The number of hydrogen-bond acceptors (Lipinski definition) is 7. The average molecular weight is 467 g/mol. The maximum Gasteiger partial charge on any atom is 0.418 e. The summed E-state index contributed by atoms with van der Waals surface area (Å²) in [6.07, 6.45) is -1.35. The summed E-state index contributed by atoms with van der Waals surface area (Å²) >= 11 is 1.03. The summed E-state index contributed by atoms with van der Waals surface area (Å²) in [7, 11) is 0. The van der Waals surface area contributed by atoms with Gasteiger partial charge >= 0.3 is 6.18 Å². The molecule has 13 heteroatoms. The minimum atomic E-state index is -4.87. The molecule has 1 N–H and O–H groups in total. The van der Waals surface area contributed by atoms with Gasteiger partial charge in [-0.15, -0.1) is 10.2 Å². The molecule has 9 nitrogen and oxygen atoms in total. The highest BCUT2D eigenvalue weighted by Gasteiger charge is 2.36. The lowest BCUT2D eigenvalue weighted by Crippen LogP contribution is -2.18. The molecule has 0 saturated heterocycles.